The van der Waals surface area contributed by atoms with Crippen LogP contribution >= 0.6 is 11.6 Å². The second-order valence-corrected chi connectivity index (χ2v) is 4.11. The van der Waals surface area contributed by atoms with Crippen LogP contribution in [-0.2, 0) is 4.79 Å². The number of piperidine rings is 1. The molecule has 1 saturated heterocycles. The van der Waals surface area contributed by atoms with E-state index in [2.05, 4.69) is 10.3 Å². The van der Waals surface area contributed by atoms with E-state index < -0.39 is 0 Å². The second kappa shape index (κ2) is 4.24. The van der Waals surface area contributed by atoms with E-state index >= 15 is 0 Å². The molecular formula is C10H13ClN2O. The molecule has 2 aliphatic rings. The van der Waals surface area contributed by atoms with Gasteiger partial charge in [0.05, 0.1) is 6.42 Å². The number of nitrogens with zero attached hydrogens (tertiary/aromatic N) is 1. The number of aliphatic imine (C=N–C) groups is 1. The fraction of sp³-hybridized carbons (Fsp3) is 0.600. The van der Waals surface area contributed by atoms with Gasteiger partial charge in [0, 0.05) is 18.0 Å². The number of hydrogen-bond acceptors (Lipinski definition) is 3. The maximum Gasteiger partial charge on any atom is 0.181 e. The molecule has 3 nitrogen and oxygen atoms in total. The van der Waals surface area contributed by atoms with Gasteiger partial charge in [-0.1, -0.05) is 18.0 Å². The third-order valence-electron chi connectivity index (χ3n) is 2.66. The fourth-order valence-electron chi connectivity index (χ4n) is 1.86. The van der Waals surface area contributed by atoms with Crippen LogP contribution in [0.4, 0.5) is 0 Å². The minimum absolute atomic E-state index is 0.0101. The predicted octanol–water partition coefficient (Wildman–Crippen LogP) is 1.62. The summed E-state index contributed by atoms with van der Waals surface area (Å²) in [4.78, 5) is 15.6. The van der Waals surface area contributed by atoms with Crippen LogP contribution in [0.25, 0.3) is 0 Å². The van der Waals surface area contributed by atoms with Crippen LogP contribution in [0, 0.1) is 0 Å². The number of hydrogen-bond donors (Lipinski definition) is 1. The highest BCUT2D eigenvalue weighted by Gasteiger charge is 2.23. The zero-order valence-corrected chi connectivity index (χ0v) is 8.68. The Morgan fingerprint density at radius 2 is 2.36 bits per heavy atom. The van der Waals surface area contributed by atoms with E-state index in [4.69, 9.17) is 11.6 Å². The van der Waals surface area contributed by atoms with E-state index in [1.54, 1.807) is 0 Å². The summed E-state index contributed by atoms with van der Waals surface area (Å²) in [5.41, 5.74) is 0.944. The summed E-state index contributed by atoms with van der Waals surface area (Å²) in [5.74, 6) is -0.0101. The van der Waals surface area contributed by atoms with Gasteiger partial charge in [-0.2, -0.15) is 0 Å². The average molecular weight is 213 g/mol. The lowest BCUT2D eigenvalue weighted by Gasteiger charge is -2.25. The van der Waals surface area contributed by atoms with Crippen molar-refractivity contribution >= 4 is 23.1 Å². The van der Waals surface area contributed by atoms with Gasteiger partial charge in [0.2, 0.25) is 0 Å². The summed E-state index contributed by atoms with van der Waals surface area (Å²) in [6.07, 6.45) is 5.36. The Morgan fingerprint density at radius 3 is 3.00 bits per heavy atom. The molecule has 1 atom stereocenters. The molecule has 0 radical (unpaired) electrons. The highest BCUT2D eigenvalue weighted by Crippen LogP contribution is 2.17. The molecule has 0 unspecified atom stereocenters. The number of carbonyl (C=O) groups is 1. The van der Waals surface area contributed by atoms with Crippen LogP contribution < -0.4 is 5.32 Å². The minimum atomic E-state index is -0.0101. The van der Waals surface area contributed by atoms with Gasteiger partial charge in [-0.25, -0.2) is 0 Å². The van der Waals surface area contributed by atoms with Gasteiger partial charge >= 0.3 is 0 Å². The third-order valence-corrected chi connectivity index (χ3v) is 2.97. The van der Waals surface area contributed by atoms with Crippen molar-refractivity contribution in [3.63, 3.8) is 0 Å². The van der Waals surface area contributed by atoms with Gasteiger partial charge in [-0.3, -0.25) is 9.79 Å². The molecular weight excluding hydrogens is 200 g/mol. The van der Waals surface area contributed by atoms with Crippen molar-refractivity contribution in [2.75, 3.05) is 6.54 Å². The summed E-state index contributed by atoms with van der Waals surface area (Å²) in [7, 11) is 0. The molecule has 2 aliphatic heterocycles. The van der Waals surface area contributed by atoms with Gasteiger partial charge in [-0.15, -0.1) is 0 Å². The van der Waals surface area contributed by atoms with E-state index in [-0.39, 0.29) is 16.9 Å². The van der Waals surface area contributed by atoms with Crippen LogP contribution in [0.5, 0.6) is 0 Å². The Balaban J connectivity index is 2.07. The number of allylic oxidation sites excluding steroid dienone is 1. The van der Waals surface area contributed by atoms with Crippen LogP contribution in [-0.4, -0.2) is 24.1 Å². The Hall–Kier alpha value is -0.670. The largest absolute Gasteiger partial charge is 0.309 e. The van der Waals surface area contributed by atoms with Crippen LogP contribution in [0.2, 0.25) is 0 Å². The summed E-state index contributed by atoms with van der Waals surface area (Å²) in [6.45, 7) is 1.02. The van der Waals surface area contributed by atoms with Gasteiger partial charge < -0.3 is 5.32 Å². The van der Waals surface area contributed by atoms with E-state index in [0.717, 1.165) is 18.7 Å². The third kappa shape index (κ3) is 2.04. The minimum Gasteiger partial charge on any atom is -0.309 e. The Kier molecular flexibility index (Phi) is 2.99. The van der Waals surface area contributed by atoms with E-state index in [1.165, 1.54) is 19.0 Å². The monoisotopic (exact) mass is 212 g/mol. The first-order valence-electron chi connectivity index (χ1n) is 4.96. The molecule has 0 amide bonds. The number of carbonyl (C=O) groups excluding carboxylic acids is 1. The van der Waals surface area contributed by atoms with E-state index in [1.807, 2.05) is 0 Å². The van der Waals surface area contributed by atoms with Crippen molar-refractivity contribution in [2.45, 2.75) is 31.7 Å². The maximum absolute atomic E-state index is 11.3. The lowest BCUT2D eigenvalue weighted by Crippen LogP contribution is -2.41. The molecule has 14 heavy (non-hydrogen) atoms. The van der Waals surface area contributed by atoms with Crippen LogP contribution in [0.3, 0.4) is 0 Å². The first-order valence-corrected chi connectivity index (χ1v) is 5.34. The van der Waals surface area contributed by atoms with Crippen molar-refractivity contribution in [1.82, 2.24) is 5.32 Å². The van der Waals surface area contributed by atoms with Crippen molar-refractivity contribution in [2.24, 2.45) is 4.99 Å². The Bertz CT molecular complexity index is 303. The standard InChI is InChI=1S/C10H13ClN2O/c11-7-6-13-9(5-10(7)14)8-3-1-2-4-12-8/h6,8,12H,1-5H2/t8-/m0/s1. The van der Waals surface area contributed by atoms with Crippen molar-refractivity contribution < 1.29 is 4.79 Å². The van der Waals surface area contributed by atoms with Gasteiger partial charge in [0.1, 0.15) is 5.03 Å². The maximum atomic E-state index is 11.3. The summed E-state index contributed by atoms with van der Waals surface area (Å²) in [6, 6.07) is 0.286. The molecule has 0 aromatic heterocycles. The van der Waals surface area contributed by atoms with E-state index in [0.29, 0.717) is 6.42 Å². The first-order chi connectivity index (χ1) is 6.77. The predicted molar refractivity (Wildman–Crippen MR) is 56.6 cm³/mol. The summed E-state index contributed by atoms with van der Waals surface area (Å²) >= 11 is 5.66. The molecule has 0 saturated carbocycles. The Morgan fingerprint density at radius 1 is 1.50 bits per heavy atom. The number of halogens is 1. The average Bonchev–Trinajstić information content (AvgIpc) is 2.23. The second-order valence-electron chi connectivity index (χ2n) is 3.70. The van der Waals surface area contributed by atoms with Gasteiger partial charge in [-0.05, 0) is 19.4 Å². The first kappa shape index (κ1) is 9.87. The Labute approximate surface area is 88.2 Å². The lowest BCUT2D eigenvalue weighted by atomic mass is 9.96. The zero-order valence-electron chi connectivity index (χ0n) is 7.92. The summed E-state index contributed by atoms with van der Waals surface area (Å²) in [5, 5.41) is 3.62. The molecule has 0 aromatic carbocycles. The molecule has 1 fully saturated rings. The zero-order chi connectivity index (χ0) is 9.97. The molecule has 4 heteroatoms. The molecule has 1 N–H and O–H groups in total. The molecule has 0 bridgehead atoms. The van der Waals surface area contributed by atoms with Gasteiger partial charge in [0.25, 0.3) is 0 Å². The topological polar surface area (TPSA) is 41.5 Å². The smallest absolute Gasteiger partial charge is 0.181 e. The van der Waals surface area contributed by atoms with E-state index in [9.17, 15) is 4.79 Å². The molecule has 2 rings (SSSR count). The SMILES string of the molecule is O=C1CC([C@@H]2CCCCN2)=NC=C1Cl. The normalized spacial score (nSPS) is 28.4. The quantitative estimate of drug-likeness (QED) is 0.718. The van der Waals surface area contributed by atoms with Crippen molar-refractivity contribution in [3.05, 3.63) is 11.2 Å². The number of nitrogens with one attached hydrogen (secondary N) is 1. The van der Waals surface area contributed by atoms with Crippen LogP contribution in [0.1, 0.15) is 25.7 Å². The molecule has 0 spiro atoms. The van der Waals surface area contributed by atoms with Crippen molar-refractivity contribution in [3.8, 4) is 0 Å². The molecule has 0 aromatic rings. The molecule has 0 aliphatic carbocycles. The van der Waals surface area contributed by atoms with Crippen molar-refractivity contribution in [1.29, 1.82) is 0 Å². The highest BCUT2D eigenvalue weighted by molar-refractivity contribution is 6.44. The number of ketones is 1. The lowest BCUT2D eigenvalue weighted by molar-refractivity contribution is -0.114. The molecule has 2 heterocycles. The van der Waals surface area contributed by atoms with Gasteiger partial charge in [0.15, 0.2) is 5.78 Å². The highest BCUT2D eigenvalue weighted by atomic mass is 35.5. The van der Waals surface area contributed by atoms with Crippen LogP contribution in [0.15, 0.2) is 16.2 Å². The number of rotatable bonds is 1. The number of Topliss-reactive ketones (excluding diaryl/α,β-unsaturated/α-hetero) is 1. The summed E-state index contributed by atoms with van der Waals surface area (Å²) < 4.78 is 0. The fourth-order valence-corrected chi connectivity index (χ4v) is 1.97. The molecule has 76 valence electrons.